The fourth-order valence-electron chi connectivity index (χ4n) is 1.13. The lowest BCUT2D eigenvalue weighted by Gasteiger charge is -2.08. The first kappa shape index (κ1) is 11.6. The van der Waals surface area contributed by atoms with Crippen molar-refractivity contribution in [1.29, 1.82) is 0 Å². The van der Waals surface area contributed by atoms with Crippen LogP contribution in [0.4, 0.5) is 0 Å². The van der Waals surface area contributed by atoms with E-state index in [1.54, 1.807) is 0 Å². The molecule has 0 aliphatic heterocycles. The molecule has 0 bridgehead atoms. The minimum absolute atomic E-state index is 0.647. The highest BCUT2D eigenvalue weighted by Crippen LogP contribution is 2.24. The number of likely N-dealkylation sites (N-methyl/N-ethyl adjacent to an activating group) is 1. The topological polar surface area (TPSA) is 4.44 Å². The van der Waals surface area contributed by atoms with E-state index in [-0.39, 0.29) is 0 Å². The number of quaternary nitrogens is 1. The molecule has 0 amide bonds. The lowest BCUT2D eigenvalue weighted by atomic mass is 10.2. The maximum atomic E-state index is 6.14. The average molecular weight is 231 g/mol. The van der Waals surface area contributed by atoms with Gasteiger partial charge in [0.05, 0.1) is 24.2 Å². The van der Waals surface area contributed by atoms with E-state index in [9.17, 15) is 0 Å². The summed E-state index contributed by atoms with van der Waals surface area (Å²) >= 11 is 12.2. The lowest BCUT2D eigenvalue weighted by molar-refractivity contribution is -0.852. The summed E-state index contributed by atoms with van der Waals surface area (Å²) in [5.74, 6) is 0. The molecule has 0 unspecified atom stereocenters. The molecule has 0 saturated carbocycles. The van der Waals surface area contributed by atoms with Crippen LogP contribution in [0, 0.1) is 0 Å². The summed E-state index contributed by atoms with van der Waals surface area (Å²) in [7, 11) is 4.08. The van der Waals surface area contributed by atoms with Gasteiger partial charge in [-0.25, -0.2) is 0 Å². The van der Waals surface area contributed by atoms with Gasteiger partial charge in [0.1, 0.15) is 6.54 Å². The van der Waals surface area contributed by atoms with E-state index < -0.39 is 0 Å². The number of halogens is 2. The van der Waals surface area contributed by atoms with Gasteiger partial charge in [0.25, 0.3) is 0 Å². The van der Waals surface area contributed by atoms with Crippen molar-refractivity contribution in [2.24, 2.45) is 0 Å². The summed E-state index contributed by atoms with van der Waals surface area (Å²) in [6.45, 7) is 0.745. The fourth-order valence-corrected chi connectivity index (χ4v) is 1.70. The van der Waals surface area contributed by atoms with Gasteiger partial charge in [-0.3, -0.25) is 0 Å². The fraction of sp³-hybridized carbons (Fsp3) is 0.273. The molecule has 3 heteroatoms. The third-order valence-corrected chi connectivity index (χ3v) is 2.64. The largest absolute Gasteiger partial charge is 0.335 e. The minimum atomic E-state index is 0.647. The number of rotatable bonds is 3. The van der Waals surface area contributed by atoms with Gasteiger partial charge in [0, 0.05) is 0 Å². The van der Waals surface area contributed by atoms with Crippen LogP contribution in [0.5, 0.6) is 0 Å². The molecule has 14 heavy (non-hydrogen) atoms. The standard InChI is InChI=1S/C11H13Cl2N/c1-14(2)8-10(12)11(13)9-6-4-3-5-7-9/h3-7H,8H2,1-2H3/p+1/b11-10-. The van der Waals surface area contributed by atoms with Gasteiger partial charge < -0.3 is 4.90 Å². The van der Waals surface area contributed by atoms with E-state index in [4.69, 9.17) is 23.2 Å². The van der Waals surface area contributed by atoms with Gasteiger partial charge in [0.2, 0.25) is 0 Å². The molecular formula is C11H14Cl2N+. The van der Waals surface area contributed by atoms with E-state index in [2.05, 4.69) is 0 Å². The Morgan fingerprint density at radius 1 is 1.14 bits per heavy atom. The predicted octanol–water partition coefficient (Wildman–Crippen LogP) is 1.98. The van der Waals surface area contributed by atoms with Crippen LogP contribution < -0.4 is 4.90 Å². The Hall–Kier alpha value is -0.500. The predicted molar refractivity (Wildman–Crippen MR) is 62.7 cm³/mol. The molecule has 0 atom stereocenters. The number of nitrogens with one attached hydrogen (secondary N) is 1. The highest BCUT2D eigenvalue weighted by Gasteiger charge is 2.07. The Kier molecular flexibility index (Phi) is 4.46. The van der Waals surface area contributed by atoms with E-state index in [0.717, 1.165) is 12.1 Å². The molecule has 0 spiro atoms. The molecule has 0 aliphatic carbocycles. The summed E-state index contributed by atoms with van der Waals surface area (Å²) in [5, 5.41) is 1.35. The zero-order valence-corrected chi connectivity index (χ0v) is 9.86. The van der Waals surface area contributed by atoms with Crippen LogP contribution in [-0.2, 0) is 0 Å². The molecule has 1 aromatic carbocycles. The smallest absolute Gasteiger partial charge is 0.115 e. The average Bonchev–Trinajstić information content (AvgIpc) is 2.17. The highest BCUT2D eigenvalue weighted by atomic mass is 35.5. The van der Waals surface area contributed by atoms with Crippen LogP contribution in [0.1, 0.15) is 5.56 Å². The van der Waals surface area contributed by atoms with Crippen molar-refractivity contribution in [2.45, 2.75) is 0 Å². The van der Waals surface area contributed by atoms with Crippen molar-refractivity contribution < 1.29 is 4.90 Å². The maximum Gasteiger partial charge on any atom is 0.115 e. The first-order valence-electron chi connectivity index (χ1n) is 4.50. The van der Waals surface area contributed by atoms with Gasteiger partial charge in [-0.15, -0.1) is 0 Å². The van der Waals surface area contributed by atoms with Crippen molar-refractivity contribution in [1.82, 2.24) is 0 Å². The number of benzene rings is 1. The van der Waals surface area contributed by atoms with E-state index in [1.165, 1.54) is 4.90 Å². The first-order chi connectivity index (χ1) is 6.61. The van der Waals surface area contributed by atoms with E-state index in [1.807, 2.05) is 44.4 Å². The molecule has 1 nitrogen and oxygen atoms in total. The van der Waals surface area contributed by atoms with Gasteiger partial charge in [-0.1, -0.05) is 53.5 Å². The SMILES string of the molecule is C[NH+](C)C/C(Cl)=C(/Cl)c1ccccc1. The molecular weight excluding hydrogens is 217 g/mol. The first-order valence-corrected chi connectivity index (χ1v) is 5.25. The van der Waals surface area contributed by atoms with Crippen molar-refractivity contribution in [2.75, 3.05) is 20.6 Å². The summed E-state index contributed by atoms with van der Waals surface area (Å²) in [6.07, 6.45) is 0. The number of hydrogen-bond donors (Lipinski definition) is 1. The van der Waals surface area contributed by atoms with Gasteiger partial charge >= 0.3 is 0 Å². The van der Waals surface area contributed by atoms with Crippen molar-refractivity contribution >= 4 is 28.2 Å². The van der Waals surface area contributed by atoms with E-state index >= 15 is 0 Å². The molecule has 0 saturated heterocycles. The molecule has 76 valence electrons. The van der Waals surface area contributed by atoms with Crippen molar-refractivity contribution in [3.05, 3.63) is 40.9 Å². The lowest BCUT2D eigenvalue weighted by Crippen LogP contribution is -3.05. The number of hydrogen-bond acceptors (Lipinski definition) is 0. The van der Waals surface area contributed by atoms with Gasteiger partial charge in [-0.05, 0) is 5.56 Å². The maximum absolute atomic E-state index is 6.14. The highest BCUT2D eigenvalue weighted by molar-refractivity contribution is 6.54. The second-order valence-electron chi connectivity index (χ2n) is 3.47. The summed E-state index contributed by atoms with van der Waals surface area (Å²) in [5.41, 5.74) is 0.973. The zero-order chi connectivity index (χ0) is 10.6. The normalized spacial score (nSPS) is 12.9. The van der Waals surface area contributed by atoms with Crippen molar-refractivity contribution in [3.63, 3.8) is 0 Å². The minimum Gasteiger partial charge on any atom is -0.335 e. The molecule has 0 heterocycles. The zero-order valence-electron chi connectivity index (χ0n) is 8.35. The van der Waals surface area contributed by atoms with Crippen LogP contribution in [0.2, 0.25) is 0 Å². The van der Waals surface area contributed by atoms with Crippen LogP contribution >= 0.6 is 23.2 Å². The van der Waals surface area contributed by atoms with Crippen LogP contribution in [-0.4, -0.2) is 20.6 Å². The van der Waals surface area contributed by atoms with Gasteiger partial charge in [0.15, 0.2) is 0 Å². The Morgan fingerprint density at radius 3 is 2.21 bits per heavy atom. The molecule has 0 fully saturated rings. The Morgan fingerprint density at radius 2 is 1.71 bits per heavy atom. The monoisotopic (exact) mass is 230 g/mol. The molecule has 1 rings (SSSR count). The second-order valence-corrected chi connectivity index (χ2v) is 4.30. The quantitative estimate of drug-likeness (QED) is 0.811. The summed E-state index contributed by atoms with van der Waals surface area (Å²) in [6, 6.07) is 9.76. The summed E-state index contributed by atoms with van der Waals surface area (Å²) < 4.78 is 0. The third-order valence-electron chi connectivity index (χ3n) is 1.77. The van der Waals surface area contributed by atoms with Crippen LogP contribution in [0.25, 0.3) is 5.03 Å². The molecule has 0 radical (unpaired) electrons. The van der Waals surface area contributed by atoms with Crippen LogP contribution in [0.3, 0.4) is 0 Å². The summed E-state index contributed by atoms with van der Waals surface area (Å²) in [4.78, 5) is 1.25. The molecule has 1 N–H and O–H groups in total. The third kappa shape index (κ3) is 3.33. The molecule has 0 aromatic heterocycles. The van der Waals surface area contributed by atoms with E-state index in [0.29, 0.717) is 10.1 Å². The van der Waals surface area contributed by atoms with Crippen LogP contribution in [0.15, 0.2) is 35.4 Å². The molecule has 1 aromatic rings. The Labute approximate surface area is 94.9 Å². The Bertz CT molecular complexity index is 317. The molecule has 0 aliphatic rings. The van der Waals surface area contributed by atoms with Crippen molar-refractivity contribution in [3.8, 4) is 0 Å². The van der Waals surface area contributed by atoms with Gasteiger partial charge in [-0.2, -0.15) is 0 Å². The Balaban J connectivity index is 2.87. The second kappa shape index (κ2) is 5.40.